The number of nitrogens with zero attached hydrogens (tertiary/aromatic N) is 3. The molecule has 2 aromatic carbocycles. The molecule has 1 saturated heterocycles. The Balaban J connectivity index is 1.27. The molecule has 1 aromatic heterocycles. The van der Waals surface area contributed by atoms with Gasteiger partial charge >= 0.3 is 0 Å². The van der Waals surface area contributed by atoms with Gasteiger partial charge in [0.2, 0.25) is 5.91 Å². The highest BCUT2D eigenvalue weighted by Crippen LogP contribution is 2.29. The summed E-state index contributed by atoms with van der Waals surface area (Å²) in [4.78, 5) is 32.9. The summed E-state index contributed by atoms with van der Waals surface area (Å²) in [5, 5.41) is 3.03. The van der Waals surface area contributed by atoms with Crippen molar-refractivity contribution in [2.45, 2.75) is 51.6 Å². The molecule has 3 heterocycles. The van der Waals surface area contributed by atoms with E-state index in [1.807, 2.05) is 35.2 Å². The van der Waals surface area contributed by atoms with E-state index in [0.29, 0.717) is 38.2 Å². The lowest BCUT2D eigenvalue weighted by Gasteiger charge is -2.31. The van der Waals surface area contributed by atoms with Gasteiger partial charge in [-0.05, 0) is 61.9 Å². The summed E-state index contributed by atoms with van der Waals surface area (Å²) in [6.07, 6.45) is 5.28. The first-order valence-corrected chi connectivity index (χ1v) is 12.6. The van der Waals surface area contributed by atoms with Crippen LogP contribution in [0, 0.1) is 11.7 Å². The molecule has 0 unspecified atom stereocenters. The molecule has 0 atom stereocenters. The quantitative estimate of drug-likeness (QED) is 0.589. The zero-order valence-corrected chi connectivity index (χ0v) is 19.9. The summed E-state index contributed by atoms with van der Waals surface area (Å²) in [5.74, 6) is 0.350. The number of imidazole rings is 1. The summed E-state index contributed by atoms with van der Waals surface area (Å²) in [6, 6.07) is 16.2. The Morgan fingerprint density at radius 1 is 0.943 bits per heavy atom. The Morgan fingerprint density at radius 3 is 2.43 bits per heavy atom. The van der Waals surface area contributed by atoms with Gasteiger partial charge < -0.3 is 14.8 Å². The minimum absolute atomic E-state index is 0.0513. The zero-order valence-electron chi connectivity index (χ0n) is 19.9. The largest absolute Gasteiger partial charge is 0.352 e. The maximum Gasteiger partial charge on any atom is 0.274 e. The molecule has 0 bridgehead atoms. The fourth-order valence-electron chi connectivity index (χ4n) is 5.13. The Kier molecular flexibility index (Phi) is 6.93. The molecule has 6 nitrogen and oxygen atoms in total. The lowest BCUT2D eigenvalue weighted by atomic mass is 9.95. The first-order valence-electron chi connectivity index (χ1n) is 12.6. The molecule has 2 aliphatic rings. The summed E-state index contributed by atoms with van der Waals surface area (Å²) in [7, 11) is 0. The number of piperidine rings is 1. The lowest BCUT2D eigenvalue weighted by molar-refractivity contribution is -0.126. The normalized spacial score (nSPS) is 16.4. The number of benzene rings is 2. The van der Waals surface area contributed by atoms with Crippen molar-refractivity contribution in [2.75, 3.05) is 13.1 Å². The van der Waals surface area contributed by atoms with Crippen LogP contribution < -0.4 is 5.32 Å². The Labute approximate surface area is 205 Å². The van der Waals surface area contributed by atoms with Gasteiger partial charge in [0.1, 0.15) is 17.3 Å². The zero-order chi connectivity index (χ0) is 24.2. The van der Waals surface area contributed by atoms with Crippen molar-refractivity contribution >= 4 is 11.8 Å². The number of halogens is 1. The van der Waals surface area contributed by atoms with Crippen LogP contribution in [0.25, 0.3) is 11.4 Å². The summed E-state index contributed by atoms with van der Waals surface area (Å²) >= 11 is 0. The molecule has 2 aliphatic heterocycles. The second-order valence-corrected chi connectivity index (χ2v) is 9.47. The number of amides is 2. The van der Waals surface area contributed by atoms with E-state index in [4.69, 9.17) is 4.98 Å². The standard InChI is InChI=1S/C28H31FN4O2/c29-23-12-10-21(11-13-23)26-31-25(24-9-5-2-6-16-33(24)26)28(35)32-17-14-22(15-18-32)27(34)30-19-20-7-3-1-4-8-20/h1,3-4,7-8,10-13,22H,2,5-6,9,14-19H2,(H,30,34). The van der Waals surface area contributed by atoms with Crippen molar-refractivity contribution in [1.29, 1.82) is 0 Å². The second kappa shape index (κ2) is 10.4. The van der Waals surface area contributed by atoms with Gasteiger partial charge in [0.05, 0.1) is 5.69 Å². The SMILES string of the molecule is O=C(NCc1ccccc1)C1CCN(C(=O)c2nc(-c3ccc(F)cc3)n3c2CCCCC3)CC1. The second-order valence-electron chi connectivity index (χ2n) is 9.47. The number of likely N-dealkylation sites (tertiary alicyclic amines) is 1. The minimum atomic E-state index is -0.289. The molecular formula is C28H31FN4O2. The van der Waals surface area contributed by atoms with E-state index >= 15 is 0 Å². The van der Waals surface area contributed by atoms with Gasteiger partial charge in [-0.1, -0.05) is 36.8 Å². The monoisotopic (exact) mass is 474 g/mol. The molecule has 0 spiro atoms. The molecule has 182 valence electrons. The van der Waals surface area contributed by atoms with Crippen molar-refractivity contribution in [2.24, 2.45) is 5.92 Å². The first-order chi connectivity index (χ1) is 17.1. The lowest BCUT2D eigenvalue weighted by Crippen LogP contribution is -2.43. The highest BCUT2D eigenvalue weighted by atomic mass is 19.1. The smallest absolute Gasteiger partial charge is 0.274 e. The van der Waals surface area contributed by atoms with Crippen LogP contribution in [0.2, 0.25) is 0 Å². The van der Waals surface area contributed by atoms with Crippen molar-refractivity contribution in [1.82, 2.24) is 19.8 Å². The molecule has 0 saturated carbocycles. The predicted octanol–water partition coefficient (Wildman–Crippen LogP) is 4.58. The highest BCUT2D eigenvalue weighted by molar-refractivity contribution is 5.94. The van der Waals surface area contributed by atoms with Crippen LogP contribution in [-0.2, 0) is 24.3 Å². The number of hydrogen-bond acceptors (Lipinski definition) is 3. The molecule has 1 N–H and O–H groups in total. The van der Waals surface area contributed by atoms with Gasteiger partial charge in [0.25, 0.3) is 5.91 Å². The van der Waals surface area contributed by atoms with Crippen LogP contribution in [0.5, 0.6) is 0 Å². The third kappa shape index (κ3) is 5.14. The van der Waals surface area contributed by atoms with Crippen LogP contribution in [0.15, 0.2) is 54.6 Å². The average molecular weight is 475 g/mol. The van der Waals surface area contributed by atoms with Crippen LogP contribution in [0.4, 0.5) is 4.39 Å². The van der Waals surface area contributed by atoms with Crippen molar-refractivity contribution in [3.05, 3.63) is 77.4 Å². The van der Waals surface area contributed by atoms with Crippen LogP contribution in [0.3, 0.4) is 0 Å². The number of hydrogen-bond donors (Lipinski definition) is 1. The van der Waals surface area contributed by atoms with Gasteiger partial charge in [-0.25, -0.2) is 9.37 Å². The number of rotatable bonds is 5. The topological polar surface area (TPSA) is 67.2 Å². The van der Waals surface area contributed by atoms with Gasteiger partial charge in [0, 0.05) is 37.7 Å². The maximum atomic E-state index is 13.6. The summed E-state index contributed by atoms with van der Waals surface area (Å²) in [6.45, 7) is 2.42. The van der Waals surface area contributed by atoms with Crippen molar-refractivity contribution in [3.8, 4) is 11.4 Å². The number of aromatic nitrogens is 2. The van der Waals surface area contributed by atoms with Gasteiger partial charge in [-0.3, -0.25) is 9.59 Å². The third-order valence-corrected chi connectivity index (χ3v) is 7.14. The predicted molar refractivity (Wildman–Crippen MR) is 132 cm³/mol. The van der Waals surface area contributed by atoms with Gasteiger partial charge in [-0.2, -0.15) is 0 Å². The van der Waals surface area contributed by atoms with E-state index in [2.05, 4.69) is 9.88 Å². The van der Waals surface area contributed by atoms with E-state index in [9.17, 15) is 14.0 Å². The van der Waals surface area contributed by atoms with E-state index in [1.54, 1.807) is 12.1 Å². The highest BCUT2D eigenvalue weighted by Gasteiger charge is 2.31. The minimum Gasteiger partial charge on any atom is -0.352 e. The van der Waals surface area contributed by atoms with E-state index in [-0.39, 0.29) is 23.5 Å². The molecule has 0 aliphatic carbocycles. The maximum absolute atomic E-state index is 13.6. The fourth-order valence-corrected chi connectivity index (χ4v) is 5.13. The number of carbonyl (C=O) groups excluding carboxylic acids is 2. The van der Waals surface area contributed by atoms with E-state index in [1.165, 1.54) is 12.1 Å². The van der Waals surface area contributed by atoms with Crippen LogP contribution in [-0.4, -0.2) is 39.4 Å². The number of nitrogens with one attached hydrogen (secondary N) is 1. The van der Waals surface area contributed by atoms with Crippen LogP contribution in [0.1, 0.15) is 53.8 Å². The Morgan fingerprint density at radius 2 is 1.69 bits per heavy atom. The average Bonchev–Trinajstić information content (AvgIpc) is 3.08. The number of fused-ring (bicyclic) bond motifs is 1. The van der Waals surface area contributed by atoms with E-state index in [0.717, 1.165) is 54.9 Å². The van der Waals surface area contributed by atoms with Crippen molar-refractivity contribution < 1.29 is 14.0 Å². The molecule has 35 heavy (non-hydrogen) atoms. The third-order valence-electron chi connectivity index (χ3n) is 7.14. The Hall–Kier alpha value is -3.48. The summed E-state index contributed by atoms with van der Waals surface area (Å²) in [5.41, 5.74) is 3.39. The first kappa shape index (κ1) is 23.3. The molecule has 0 radical (unpaired) electrons. The van der Waals surface area contributed by atoms with Crippen LogP contribution >= 0.6 is 0 Å². The molecule has 2 amide bonds. The number of carbonyl (C=O) groups is 2. The Bertz CT molecular complexity index is 1180. The molecule has 3 aromatic rings. The van der Waals surface area contributed by atoms with Gasteiger partial charge in [0.15, 0.2) is 0 Å². The molecule has 1 fully saturated rings. The van der Waals surface area contributed by atoms with Crippen molar-refractivity contribution in [3.63, 3.8) is 0 Å². The molecular weight excluding hydrogens is 443 g/mol. The van der Waals surface area contributed by atoms with Gasteiger partial charge in [-0.15, -0.1) is 0 Å². The summed E-state index contributed by atoms with van der Waals surface area (Å²) < 4.78 is 15.6. The van der Waals surface area contributed by atoms with E-state index < -0.39 is 0 Å². The fraction of sp³-hybridized carbons (Fsp3) is 0.393. The molecule has 7 heteroatoms. The molecule has 5 rings (SSSR count).